The number of para-hydroxylation sites is 2. The second-order valence-corrected chi connectivity index (χ2v) is 13.7. The molecule has 1 aromatic heterocycles. The van der Waals surface area contributed by atoms with Crippen LogP contribution in [-0.2, 0) is 42.1 Å². The lowest BCUT2D eigenvalue weighted by molar-refractivity contribution is -0.148. The lowest BCUT2D eigenvalue weighted by Crippen LogP contribution is -2.64. The number of hydrogen-bond acceptors (Lipinski definition) is 7. The fourth-order valence-electron chi connectivity index (χ4n) is 7.69. The predicted octanol–water partition coefficient (Wildman–Crippen LogP) is 4.16. The largest absolute Gasteiger partial charge is 0.467 e. The van der Waals surface area contributed by atoms with E-state index in [0.717, 1.165) is 38.8 Å². The van der Waals surface area contributed by atoms with Crippen LogP contribution < -0.4 is 16.0 Å². The van der Waals surface area contributed by atoms with Crippen LogP contribution in [-0.4, -0.2) is 70.8 Å². The number of aromatic nitrogens is 1. The molecule has 3 amide bonds. The zero-order valence-electron chi connectivity index (χ0n) is 27.3. The molecular formula is C37H39N5O6. The van der Waals surface area contributed by atoms with Gasteiger partial charge >= 0.3 is 12.1 Å². The Morgan fingerprint density at radius 1 is 0.979 bits per heavy atom. The van der Waals surface area contributed by atoms with Crippen LogP contribution in [0.1, 0.15) is 49.4 Å². The van der Waals surface area contributed by atoms with Gasteiger partial charge < -0.3 is 35.3 Å². The van der Waals surface area contributed by atoms with Crippen LogP contribution in [0.4, 0.5) is 10.5 Å². The molecule has 2 saturated heterocycles. The van der Waals surface area contributed by atoms with Crippen LogP contribution in [0.15, 0.2) is 79.0 Å². The lowest BCUT2D eigenvalue weighted by atomic mass is 9.71. The number of benzene rings is 3. The zero-order valence-corrected chi connectivity index (χ0v) is 27.3. The first kappa shape index (κ1) is 31.3. The van der Waals surface area contributed by atoms with Crippen molar-refractivity contribution in [2.45, 2.75) is 75.3 Å². The number of H-pyrrole nitrogens is 1. The molecule has 0 radical (unpaired) electrons. The molecule has 4 heterocycles. The van der Waals surface area contributed by atoms with Crippen molar-refractivity contribution in [1.82, 2.24) is 20.5 Å². The van der Waals surface area contributed by atoms with Gasteiger partial charge in [0.15, 0.2) is 0 Å². The van der Waals surface area contributed by atoms with Gasteiger partial charge in [-0.3, -0.25) is 9.59 Å². The maximum Gasteiger partial charge on any atom is 0.408 e. The quantitative estimate of drug-likeness (QED) is 0.221. The van der Waals surface area contributed by atoms with Crippen LogP contribution in [0.2, 0.25) is 0 Å². The molecule has 0 spiro atoms. The normalized spacial score (nSPS) is 23.4. The Kier molecular flexibility index (Phi) is 7.65. The lowest BCUT2D eigenvalue weighted by Gasteiger charge is -2.38. The molecular weight excluding hydrogens is 610 g/mol. The molecule has 0 aliphatic carbocycles. The summed E-state index contributed by atoms with van der Waals surface area (Å²) in [7, 11) is 1.28. The molecule has 248 valence electrons. The number of methoxy groups -OCH3 is 1. The standard InChI is InChI=1S/C37H39N5O6/c1-36(2,3)48-35(46)41-28(33(45)47-4)18-22-20-38-30-23(22)13-10-15-25(30)37-19-29-31(43)39-27(17-21-11-6-5-7-12-21)32(44)42(29)34(37)40-26-16-9-8-14-24(26)37/h5-16,20,27-29,34,38,40H,17-19H2,1-4H3,(H,39,43)(H,41,46)/t27-,28+,29+,34-,37+/m1/s1. The molecule has 3 aliphatic rings. The summed E-state index contributed by atoms with van der Waals surface area (Å²) >= 11 is 0. The first-order valence-corrected chi connectivity index (χ1v) is 16.2. The Balaban J connectivity index is 1.27. The molecule has 3 aliphatic heterocycles. The fourth-order valence-corrected chi connectivity index (χ4v) is 7.69. The van der Waals surface area contributed by atoms with Gasteiger partial charge in [-0.05, 0) is 55.5 Å². The number of carbonyl (C=O) groups is 4. The zero-order chi connectivity index (χ0) is 33.8. The number of nitrogens with zero attached hydrogens (tertiary/aromatic N) is 1. The first-order valence-electron chi connectivity index (χ1n) is 16.2. The van der Waals surface area contributed by atoms with Crippen molar-refractivity contribution in [3.05, 3.63) is 101 Å². The molecule has 3 aromatic carbocycles. The average molecular weight is 650 g/mol. The number of fused-ring (bicyclic) bond motifs is 6. The van der Waals surface area contributed by atoms with Gasteiger partial charge in [-0.1, -0.05) is 66.7 Å². The van der Waals surface area contributed by atoms with Crippen molar-refractivity contribution >= 4 is 40.5 Å². The van der Waals surface area contributed by atoms with E-state index in [2.05, 4.69) is 27.0 Å². The van der Waals surface area contributed by atoms with E-state index in [1.807, 2.05) is 72.9 Å². The summed E-state index contributed by atoms with van der Waals surface area (Å²) in [5, 5.41) is 10.2. The van der Waals surface area contributed by atoms with Crippen molar-refractivity contribution < 1.29 is 28.7 Å². The Labute approximate surface area is 278 Å². The molecule has 11 nitrogen and oxygen atoms in total. The second-order valence-electron chi connectivity index (χ2n) is 13.7. The van der Waals surface area contributed by atoms with Gasteiger partial charge in [0.1, 0.15) is 29.9 Å². The topological polar surface area (TPSA) is 142 Å². The van der Waals surface area contributed by atoms with Crippen molar-refractivity contribution in [3.8, 4) is 0 Å². The summed E-state index contributed by atoms with van der Waals surface area (Å²) < 4.78 is 10.4. The maximum atomic E-state index is 14.3. The number of rotatable bonds is 7. The van der Waals surface area contributed by atoms with E-state index in [1.54, 1.807) is 25.7 Å². The second kappa shape index (κ2) is 11.7. The highest BCUT2D eigenvalue weighted by Gasteiger charge is 2.64. The van der Waals surface area contributed by atoms with E-state index < -0.39 is 47.4 Å². The van der Waals surface area contributed by atoms with Crippen molar-refractivity contribution in [2.75, 3.05) is 12.4 Å². The van der Waals surface area contributed by atoms with Crippen molar-refractivity contribution in [2.24, 2.45) is 0 Å². The fraction of sp³-hybridized carbons (Fsp3) is 0.351. The molecule has 5 atom stereocenters. The Bertz CT molecular complexity index is 1920. The maximum absolute atomic E-state index is 14.3. The minimum absolute atomic E-state index is 0.121. The average Bonchev–Trinajstić information content (AvgIpc) is 3.72. The van der Waals surface area contributed by atoms with Gasteiger partial charge in [0.25, 0.3) is 0 Å². The van der Waals surface area contributed by atoms with Crippen molar-refractivity contribution in [1.29, 1.82) is 0 Å². The highest BCUT2D eigenvalue weighted by Crippen LogP contribution is 2.56. The van der Waals surface area contributed by atoms with E-state index in [9.17, 15) is 19.2 Å². The summed E-state index contributed by atoms with van der Waals surface area (Å²) in [4.78, 5) is 58.7. The number of ether oxygens (including phenoxy) is 2. The van der Waals surface area contributed by atoms with Gasteiger partial charge in [-0.15, -0.1) is 0 Å². The minimum atomic E-state index is -0.990. The monoisotopic (exact) mass is 649 g/mol. The van der Waals surface area contributed by atoms with Gasteiger partial charge in [-0.2, -0.15) is 0 Å². The molecule has 4 N–H and O–H groups in total. The van der Waals surface area contributed by atoms with E-state index in [0.29, 0.717) is 12.8 Å². The minimum Gasteiger partial charge on any atom is -0.467 e. The van der Waals surface area contributed by atoms with Gasteiger partial charge in [0.05, 0.1) is 12.5 Å². The van der Waals surface area contributed by atoms with E-state index in [4.69, 9.17) is 9.47 Å². The first-order chi connectivity index (χ1) is 23.0. The number of esters is 1. The molecule has 0 saturated carbocycles. The number of amides is 3. The van der Waals surface area contributed by atoms with Gasteiger partial charge in [-0.25, -0.2) is 9.59 Å². The number of nitrogens with one attached hydrogen (secondary N) is 4. The highest BCUT2D eigenvalue weighted by atomic mass is 16.6. The molecule has 7 rings (SSSR count). The van der Waals surface area contributed by atoms with E-state index in [-0.39, 0.29) is 18.2 Å². The number of anilines is 1. The third kappa shape index (κ3) is 5.23. The van der Waals surface area contributed by atoms with E-state index in [1.165, 1.54) is 7.11 Å². The third-order valence-corrected chi connectivity index (χ3v) is 9.63. The molecule has 11 heteroatoms. The van der Waals surface area contributed by atoms with Crippen LogP contribution in [0.25, 0.3) is 10.9 Å². The number of piperazine rings is 1. The van der Waals surface area contributed by atoms with Crippen LogP contribution >= 0.6 is 0 Å². The summed E-state index contributed by atoms with van der Waals surface area (Å²) in [5.41, 5.74) is 3.94. The van der Waals surface area contributed by atoms with Crippen LogP contribution in [0.3, 0.4) is 0 Å². The Morgan fingerprint density at radius 2 is 1.71 bits per heavy atom. The highest BCUT2D eigenvalue weighted by molar-refractivity contribution is 6.00. The smallest absolute Gasteiger partial charge is 0.408 e. The molecule has 0 unspecified atom stereocenters. The van der Waals surface area contributed by atoms with Crippen LogP contribution in [0, 0.1) is 0 Å². The number of aromatic amines is 1. The SMILES string of the molecule is COC(=O)[C@H](Cc1c[nH]c2c([C@@]34C[C@H]5C(=O)N[C@H](Cc6ccccc6)C(=O)N5[C@H]3Nc3ccccc34)cccc12)NC(=O)OC(C)(C)C. The van der Waals surface area contributed by atoms with Crippen molar-refractivity contribution in [3.63, 3.8) is 0 Å². The Morgan fingerprint density at radius 3 is 2.46 bits per heavy atom. The molecule has 4 aromatic rings. The summed E-state index contributed by atoms with van der Waals surface area (Å²) in [6, 6.07) is 21.3. The van der Waals surface area contributed by atoms with E-state index >= 15 is 0 Å². The summed E-state index contributed by atoms with van der Waals surface area (Å²) in [5.74, 6) is -0.887. The molecule has 0 bridgehead atoms. The number of carbonyl (C=O) groups excluding carboxylic acids is 4. The van der Waals surface area contributed by atoms with Gasteiger partial charge in [0.2, 0.25) is 11.8 Å². The van der Waals surface area contributed by atoms with Gasteiger partial charge in [0, 0.05) is 35.6 Å². The summed E-state index contributed by atoms with van der Waals surface area (Å²) in [6.07, 6.45) is 1.54. The number of hydrogen-bond donors (Lipinski definition) is 4. The molecule has 48 heavy (non-hydrogen) atoms. The Hall–Kier alpha value is -5.32. The summed E-state index contributed by atoms with van der Waals surface area (Å²) in [6.45, 7) is 5.25. The van der Waals surface area contributed by atoms with Crippen LogP contribution in [0.5, 0.6) is 0 Å². The number of alkyl carbamates (subject to hydrolysis) is 1. The predicted molar refractivity (Wildman–Crippen MR) is 179 cm³/mol. The third-order valence-electron chi connectivity index (χ3n) is 9.63. The molecule has 2 fully saturated rings.